The first kappa shape index (κ1) is 14.8. The van der Waals surface area contributed by atoms with Gasteiger partial charge in [-0.05, 0) is 35.1 Å². The van der Waals surface area contributed by atoms with Crippen LogP contribution in [0.4, 0.5) is 0 Å². The molecule has 0 spiro atoms. The van der Waals surface area contributed by atoms with Gasteiger partial charge in [0.15, 0.2) is 4.60 Å². The molecular formula is C13H17BrN4O2. The SMILES string of the molecule is CNC(c1c(OC)cccc1OC)c1c(Br)nnn1C. The van der Waals surface area contributed by atoms with Gasteiger partial charge in [0.1, 0.15) is 11.5 Å². The number of hydrogen-bond acceptors (Lipinski definition) is 5. The third-order valence-electron chi connectivity index (χ3n) is 3.14. The summed E-state index contributed by atoms with van der Waals surface area (Å²) in [6, 6.07) is 5.54. The first-order valence-electron chi connectivity index (χ1n) is 6.07. The summed E-state index contributed by atoms with van der Waals surface area (Å²) in [5, 5.41) is 11.3. The highest BCUT2D eigenvalue weighted by molar-refractivity contribution is 9.10. The van der Waals surface area contributed by atoms with Crippen LogP contribution in [0.2, 0.25) is 0 Å². The second-order valence-electron chi connectivity index (χ2n) is 4.19. The van der Waals surface area contributed by atoms with Crippen molar-refractivity contribution in [2.45, 2.75) is 6.04 Å². The normalized spacial score (nSPS) is 12.2. The molecule has 108 valence electrons. The van der Waals surface area contributed by atoms with Crippen LogP contribution in [0.3, 0.4) is 0 Å². The van der Waals surface area contributed by atoms with Crippen molar-refractivity contribution >= 4 is 15.9 Å². The highest BCUT2D eigenvalue weighted by atomic mass is 79.9. The standard InChI is InChI=1S/C13H17BrN4O2/c1-15-11(12-13(14)16-17-18(12)2)10-8(19-3)6-5-7-9(10)20-4/h5-7,11,15H,1-4H3. The molecule has 0 fully saturated rings. The Morgan fingerprint density at radius 1 is 1.25 bits per heavy atom. The monoisotopic (exact) mass is 340 g/mol. The molecule has 0 amide bonds. The lowest BCUT2D eigenvalue weighted by atomic mass is 10.0. The number of benzene rings is 1. The number of ether oxygens (including phenoxy) is 2. The Morgan fingerprint density at radius 3 is 2.25 bits per heavy atom. The van der Waals surface area contributed by atoms with Gasteiger partial charge >= 0.3 is 0 Å². The lowest BCUT2D eigenvalue weighted by molar-refractivity contribution is 0.377. The molecule has 0 saturated heterocycles. The van der Waals surface area contributed by atoms with Crippen LogP contribution in [0.25, 0.3) is 0 Å². The average Bonchev–Trinajstić information content (AvgIpc) is 2.80. The van der Waals surface area contributed by atoms with Gasteiger partial charge < -0.3 is 14.8 Å². The summed E-state index contributed by atoms with van der Waals surface area (Å²) in [6.45, 7) is 0. The molecule has 6 nitrogen and oxygen atoms in total. The van der Waals surface area contributed by atoms with Crippen LogP contribution in [-0.2, 0) is 7.05 Å². The predicted molar refractivity (Wildman–Crippen MR) is 79.2 cm³/mol. The van der Waals surface area contributed by atoms with Crippen molar-refractivity contribution in [1.29, 1.82) is 0 Å². The Bertz CT molecular complexity index is 558. The third kappa shape index (κ3) is 2.51. The van der Waals surface area contributed by atoms with E-state index in [-0.39, 0.29) is 6.04 Å². The van der Waals surface area contributed by atoms with Crippen LogP contribution in [0.15, 0.2) is 22.8 Å². The zero-order valence-electron chi connectivity index (χ0n) is 11.8. The smallest absolute Gasteiger partial charge is 0.153 e. The van der Waals surface area contributed by atoms with E-state index in [0.717, 1.165) is 22.8 Å². The van der Waals surface area contributed by atoms with E-state index in [1.54, 1.807) is 18.9 Å². The van der Waals surface area contributed by atoms with Gasteiger partial charge in [0, 0.05) is 7.05 Å². The van der Waals surface area contributed by atoms with E-state index in [9.17, 15) is 0 Å². The molecule has 2 aromatic rings. The minimum absolute atomic E-state index is 0.157. The number of halogens is 1. The molecule has 1 atom stereocenters. The zero-order chi connectivity index (χ0) is 14.7. The summed E-state index contributed by atoms with van der Waals surface area (Å²) < 4.78 is 13.3. The van der Waals surface area contributed by atoms with Crippen molar-refractivity contribution < 1.29 is 9.47 Å². The van der Waals surface area contributed by atoms with Gasteiger partial charge in [-0.25, -0.2) is 4.68 Å². The number of nitrogens with zero attached hydrogens (tertiary/aromatic N) is 3. The quantitative estimate of drug-likeness (QED) is 0.900. The van der Waals surface area contributed by atoms with Crippen molar-refractivity contribution in [2.75, 3.05) is 21.3 Å². The van der Waals surface area contributed by atoms with E-state index < -0.39 is 0 Å². The van der Waals surface area contributed by atoms with Crippen LogP contribution in [0, 0.1) is 0 Å². The van der Waals surface area contributed by atoms with E-state index in [1.807, 2.05) is 32.3 Å². The van der Waals surface area contributed by atoms with Crippen molar-refractivity contribution in [1.82, 2.24) is 20.3 Å². The van der Waals surface area contributed by atoms with Crippen LogP contribution < -0.4 is 14.8 Å². The largest absolute Gasteiger partial charge is 0.496 e. The molecule has 0 bridgehead atoms. The predicted octanol–water partition coefficient (Wildman–Crippen LogP) is 1.90. The summed E-state index contributed by atoms with van der Waals surface area (Å²) in [4.78, 5) is 0. The van der Waals surface area contributed by atoms with Gasteiger partial charge in [-0.15, -0.1) is 5.10 Å². The molecule has 1 aromatic heterocycles. The van der Waals surface area contributed by atoms with Crippen LogP contribution in [0.5, 0.6) is 11.5 Å². The Balaban J connectivity index is 2.63. The Morgan fingerprint density at radius 2 is 1.85 bits per heavy atom. The summed E-state index contributed by atoms with van der Waals surface area (Å²) in [7, 11) is 7.00. The average molecular weight is 341 g/mol. The van der Waals surface area contributed by atoms with E-state index in [2.05, 4.69) is 31.6 Å². The van der Waals surface area contributed by atoms with Crippen LogP contribution in [0.1, 0.15) is 17.3 Å². The maximum absolute atomic E-state index is 5.46. The molecule has 1 heterocycles. The molecule has 2 rings (SSSR count). The second kappa shape index (κ2) is 6.23. The summed E-state index contributed by atoms with van der Waals surface area (Å²) >= 11 is 3.43. The van der Waals surface area contributed by atoms with Gasteiger partial charge in [0.25, 0.3) is 0 Å². The van der Waals surface area contributed by atoms with Gasteiger partial charge in [-0.3, -0.25) is 0 Å². The topological polar surface area (TPSA) is 61.2 Å². The first-order valence-corrected chi connectivity index (χ1v) is 6.86. The van der Waals surface area contributed by atoms with Crippen LogP contribution in [-0.4, -0.2) is 36.3 Å². The Hall–Kier alpha value is -1.60. The van der Waals surface area contributed by atoms with Gasteiger partial charge in [-0.2, -0.15) is 0 Å². The first-order chi connectivity index (χ1) is 9.63. The van der Waals surface area contributed by atoms with E-state index in [4.69, 9.17) is 9.47 Å². The number of aryl methyl sites for hydroxylation is 1. The van der Waals surface area contributed by atoms with E-state index >= 15 is 0 Å². The number of rotatable bonds is 5. The number of hydrogen-bond donors (Lipinski definition) is 1. The number of nitrogens with one attached hydrogen (secondary N) is 1. The lowest BCUT2D eigenvalue weighted by Crippen LogP contribution is -2.22. The number of aromatic nitrogens is 3. The fourth-order valence-corrected chi connectivity index (χ4v) is 2.78. The molecule has 0 saturated carbocycles. The van der Waals surface area contributed by atoms with E-state index in [0.29, 0.717) is 4.60 Å². The minimum Gasteiger partial charge on any atom is -0.496 e. The highest BCUT2D eigenvalue weighted by Crippen LogP contribution is 2.38. The van der Waals surface area contributed by atoms with Crippen molar-refractivity contribution in [3.63, 3.8) is 0 Å². The molecule has 0 aliphatic heterocycles. The minimum atomic E-state index is -0.157. The molecule has 1 N–H and O–H groups in total. The molecule has 1 aromatic carbocycles. The molecular weight excluding hydrogens is 324 g/mol. The fraction of sp³-hybridized carbons (Fsp3) is 0.385. The third-order valence-corrected chi connectivity index (χ3v) is 3.71. The summed E-state index contributed by atoms with van der Waals surface area (Å²) in [5.41, 5.74) is 1.81. The maximum Gasteiger partial charge on any atom is 0.153 e. The molecule has 1 unspecified atom stereocenters. The van der Waals surface area contributed by atoms with Crippen molar-refractivity contribution in [2.24, 2.45) is 7.05 Å². The Labute approximate surface area is 126 Å². The second-order valence-corrected chi connectivity index (χ2v) is 4.94. The molecule has 7 heteroatoms. The van der Waals surface area contributed by atoms with Gasteiger partial charge in [0.2, 0.25) is 0 Å². The van der Waals surface area contributed by atoms with Crippen LogP contribution >= 0.6 is 15.9 Å². The van der Waals surface area contributed by atoms with E-state index in [1.165, 1.54) is 0 Å². The fourth-order valence-electron chi connectivity index (χ4n) is 2.23. The summed E-state index contributed by atoms with van der Waals surface area (Å²) in [5.74, 6) is 1.49. The van der Waals surface area contributed by atoms with Gasteiger partial charge in [-0.1, -0.05) is 11.3 Å². The molecule has 0 aliphatic rings. The number of methoxy groups -OCH3 is 2. The van der Waals surface area contributed by atoms with Crippen molar-refractivity contribution in [3.05, 3.63) is 34.1 Å². The van der Waals surface area contributed by atoms with Gasteiger partial charge in [0.05, 0.1) is 31.5 Å². The summed E-state index contributed by atoms with van der Waals surface area (Å²) in [6.07, 6.45) is 0. The lowest BCUT2D eigenvalue weighted by Gasteiger charge is -2.22. The maximum atomic E-state index is 5.46. The Kier molecular flexibility index (Phi) is 4.61. The molecule has 0 radical (unpaired) electrons. The molecule has 0 aliphatic carbocycles. The highest BCUT2D eigenvalue weighted by Gasteiger charge is 2.26. The molecule has 20 heavy (non-hydrogen) atoms. The van der Waals surface area contributed by atoms with Crippen molar-refractivity contribution in [3.8, 4) is 11.5 Å². The zero-order valence-corrected chi connectivity index (χ0v) is 13.4.